The van der Waals surface area contributed by atoms with Gasteiger partial charge in [-0.05, 0) is 12.1 Å². The minimum Gasteiger partial charge on any atom is -0.468 e. The van der Waals surface area contributed by atoms with Gasteiger partial charge in [0.25, 0.3) is 5.91 Å². The molecule has 0 spiro atoms. The van der Waals surface area contributed by atoms with Crippen LogP contribution in [0, 0.1) is 0 Å². The first-order valence-electron chi connectivity index (χ1n) is 6.34. The van der Waals surface area contributed by atoms with Crippen LogP contribution in [0.3, 0.4) is 0 Å². The monoisotopic (exact) mass is 262 g/mol. The highest BCUT2D eigenvalue weighted by Gasteiger charge is 2.23. The van der Waals surface area contributed by atoms with Gasteiger partial charge in [-0.25, -0.2) is 0 Å². The van der Waals surface area contributed by atoms with Gasteiger partial charge in [0.1, 0.15) is 0 Å². The van der Waals surface area contributed by atoms with E-state index in [1.54, 1.807) is 0 Å². The van der Waals surface area contributed by atoms with Crippen LogP contribution < -0.4 is 0 Å². The molecule has 0 saturated carbocycles. The first-order valence-corrected chi connectivity index (χ1v) is 6.34. The van der Waals surface area contributed by atoms with Gasteiger partial charge in [0.15, 0.2) is 0 Å². The van der Waals surface area contributed by atoms with Crippen LogP contribution in [0.1, 0.15) is 10.4 Å². The number of ether oxygens (including phenoxy) is 1. The standard InChI is InChI=1S/C14H18N2O3/c1-19-13(17)11-15-7-9-16(10-8-15)14(18)12-5-3-2-4-6-12/h2-6H,7-11H2,1H3. The summed E-state index contributed by atoms with van der Waals surface area (Å²) in [6.45, 7) is 2.99. The Bertz CT molecular complexity index is 439. The van der Waals surface area contributed by atoms with Crippen molar-refractivity contribution in [2.75, 3.05) is 39.8 Å². The minimum atomic E-state index is -0.233. The molecule has 1 amide bonds. The van der Waals surface area contributed by atoms with Crippen molar-refractivity contribution in [2.24, 2.45) is 0 Å². The molecule has 0 radical (unpaired) electrons. The van der Waals surface area contributed by atoms with Gasteiger partial charge in [0.05, 0.1) is 13.7 Å². The number of amides is 1. The van der Waals surface area contributed by atoms with Gasteiger partial charge in [0, 0.05) is 31.7 Å². The average molecular weight is 262 g/mol. The normalized spacial score (nSPS) is 16.2. The summed E-state index contributed by atoms with van der Waals surface area (Å²) in [5.41, 5.74) is 0.712. The molecule has 0 bridgehead atoms. The molecule has 1 heterocycles. The van der Waals surface area contributed by atoms with Crippen LogP contribution in [-0.4, -0.2) is 61.5 Å². The Labute approximate surface area is 112 Å². The summed E-state index contributed by atoms with van der Waals surface area (Å²) in [4.78, 5) is 27.2. The molecular weight excluding hydrogens is 244 g/mol. The van der Waals surface area contributed by atoms with E-state index in [9.17, 15) is 9.59 Å². The van der Waals surface area contributed by atoms with Gasteiger partial charge in [0.2, 0.25) is 0 Å². The summed E-state index contributed by atoms with van der Waals surface area (Å²) in [5, 5.41) is 0. The molecule has 1 saturated heterocycles. The van der Waals surface area contributed by atoms with Gasteiger partial charge < -0.3 is 9.64 Å². The molecule has 0 aromatic heterocycles. The summed E-state index contributed by atoms with van der Waals surface area (Å²) >= 11 is 0. The fraction of sp³-hybridized carbons (Fsp3) is 0.429. The summed E-state index contributed by atoms with van der Waals surface area (Å²) in [7, 11) is 1.39. The Morgan fingerprint density at radius 1 is 1.11 bits per heavy atom. The van der Waals surface area contributed by atoms with Crippen molar-refractivity contribution >= 4 is 11.9 Å². The second-order valence-corrected chi connectivity index (χ2v) is 4.51. The molecule has 1 aliphatic rings. The second kappa shape index (κ2) is 6.33. The maximum Gasteiger partial charge on any atom is 0.319 e. The van der Waals surface area contributed by atoms with Crippen molar-refractivity contribution in [3.63, 3.8) is 0 Å². The van der Waals surface area contributed by atoms with Gasteiger partial charge in [-0.2, -0.15) is 0 Å². The summed E-state index contributed by atoms with van der Waals surface area (Å²) in [5.74, 6) is -0.179. The summed E-state index contributed by atoms with van der Waals surface area (Å²) in [6, 6.07) is 9.26. The fourth-order valence-electron chi connectivity index (χ4n) is 2.12. The van der Waals surface area contributed by atoms with E-state index in [4.69, 9.17) is 0 Å². The number of nitrogens with zero attached hydrogens (tertiary/aromatic N) is 2. The smallest absolute Gasteiger partial charge is 0.319 e. The zero-order chi connectivity index (χ0) is 13.7. The van der Waals surface area contributed by atoms with Crippen molar-refractivity contribution in [1.82, 2.24) is 9.80 Å². The predicted octanol–water partition coefficient (Wildman–Crippen LogP) is 0.617. The topological polar surface area (TPSA) is 49.9 Å². The van der Waals surface area contributed by atoms with E-state index in [1.165, 1.54) is 7.11 Å². The van der Waals surface area contributed by atoms with E-state index in [2.05, 4.69) is 4.74 Å². The molecule has 0 atom stereocenters. The Morgan fingerprint density at radius 2 is 1.74 bits per heavy atom. The highest BCUT2D eigenvalue weighted by atomic mass is 16.5. The third kappa shape index (κ3) is 3.54. The molecule has 1 aromatic rings. The van der Waals surface area contributed by atoms with Crippen LogP contribution in [0.4, 0.5) is 0 Å². The van der Waals surface area contributed by atoms with Crippen LogP contribution >= 0.6 is 0 Å². The molecule has 5 nitrogen and oxygen atoms in total. The maximum absolute atomic E-state index is 12.2. The first-order chi connectivity index (χ1) is 9.20. The predicted molar refractivity (Wildman–Crippen MR) is 70.8 cm³/mol. The van der Waals surface area contributed by atoms with E-state index in [1.807, 2.05) is 40.1 Å². The lowest BCUT2D eigenvalue weighted by atomic mass is 10.2. The van der Waals surface area contributed by atoms with Gasteiger partial charge in [-0.15, -0.1) is 0 Å². The lowest BCUT2D eigenvalue weighted by molar-refractivity contribution is -0.142. The molecule has 1 aliphatic heterocycles. The van der Waals surface area contributed by atoms with Crippen LogP contribution in [-0.2, 0) is 9.53 Å². The molecule has 102 valence electrons. The first kappa shape index (κ1) is 13.5. The number of hydrogen-bond acceptors (Lipinski definition) is 4. The molecule has 1 aromatic carbocycles. The number of hydrogen-bond donors (Lipinski definition) is 0. The third-order valence-electron chi connectivity index (χ3n) is 3.26. The molecule has 1 fully saturated rings. The Balaban J connectivity index is 1.86. The van der Waals surface area contributed by atoms with Gasteiger partial charge >= 0.3 is 5.97 Å². The molecule has 0 aliphatic carbocycles. The quantitative estimate of drug-likeness (QED) is 0.749. The second-order valence-electron chi connectivity index (χ2n) is 4.51. The lowest BCUT2D eigenvalue weighted by Crippen LogP contribution is -2.50. The van der Waals surface area contributed by atoms with Crippen molar-refractivity contribution < 1.29 is 14.3 Å². The molecule has 0 N–H and O–H groups in total. The van der Waals surface area contributed by atoms with E-state index in [-0.39, 0.29) is 11.9 Å². The van der Waals surface area contributed by atoms with Crippen LogP contribution in [0.15, 0.2) is 30.3 Å². The van der Waals surface area contributed by atoms with Crippen molar-refractivity contribution in [3.8, 4) is 0 Å². The number of methoxy groups -OCH3 is 1. The zero-order valence-corrected chi connectivity index (χ0v) is 11.0. The van der Waals surface area contributed by atoms with E-state index in [0.29, 0.717) is 38.3 Å². The summed E-state index contributed by atoms with van der Waals surface area (Å²) in [6.07, 6.45) is 0. The van der Waals surface area contributed by atoms with Crippen molar-refractivity contribution in [3.05, 3.63) is 35.9 Å². The zero-order valence-electron chi connectivity index (χ0n) is 11.0. The molecule has 0 unspecified atom stereocenters. The Hall–Kier alpha value is -1.88. The SMILES string of the molecule is COC(=O)CN1CCN(C(=O)c2ccccc2)CC1. The molecular formula is C14H18N2O3. The number of rotatable bonds is 3. The van der Waals surface area contributed by atoms with Gasteiger partial charge in [-0.3, -0.25) is 14.5 Å². The van der Waals surface area contributed by atoms with Gasteiger partial charge in [-0.1, -0.05) is 18.2 Å². The lowest BCUT2D eigenvalue weighted by Gasteiger charge is -2.34. The van der Waals surface area contributed by atoms with E-state index in [0.717, 1.165) is 0 Å². The van der Waals surface area contributed by atoms with Crippen LogP contribution in [0.25, 0.3) is 0 Å². The number of esters is 1. The highest BCUT2D eigenvalue weighted by Crippen LogP contribution is 2.08. The maximum atomic E-state index is 12.2. The van der Waals surface area contributed by atoms with Crippen LogP contribution in [0.5, 0.6) is 0 Å². The van der Waals surface area contributed by atoms with Crippen molar-refractivity contribution in [1.29, 1.82) is 0 Å². The largest absolute Gasteiger partial charge is 0.468 e. The number of piperazine rings is 1. The van der Waals surface area contributed by atoms with Crippen LogP contribution in [0.2, 0.25) is 0 Å². The Kier molecular flexibility index (Phi) is 4.52. The summed E-state index contributed by atoms with van der Waals surface area (Å²) < 4.78 is 4.64. The average Bonchev–Trinajstić information content (AvgIpc) is 2.48. The molecule has 2 rings (SSSR count). The molecule has 5 heteroatoms. The fourth-order valence-corrected chi connectivity index (χ4v) is 2.12. The Morgan fingerprint density at radius 3 is 2.32 bits per heavy atom. The third-order valence-corrected chi connectivity index (χ3v) is 3.26. The van der Waals surface area contributed by atoms with E-state index < -0.39 is 0 Å². The van der Waals surface area contributed by atoms with Crippen molar-refractivity contribution in [2.45, 2.75) is 0 Å². The minimum absolute atomic E-state index is 0.0540. The van der Waals surface area contributed by atoms with E-state index >= 15 is 0 Å². The number of carbonyl (C=O) groups is 2. The number of benzene rings is 1. The number of carbonyl (C=O) groups excluding carboxylic acids is 2. The molecule has 19 heavy (non-hydrogen) atoms. The highest BCUT2D eigenvalue weighted by molar-refractivity contribution is 5.94.